The van der Waals surface area contributed by atoms with Crippen molar-refractivity contribution in [1.29, 1.82) is 0 Å². The molecule has 0 saturated carbocycles. The zero-order valence-electron chi connectivity index (χ0n) is 9.47. The highest BCUT2D eigenvalue weighted by Gasteiger charge is 2.44. The van der Waals surface area contributed by atoms with Crippen LogP contribution in [0.4, 0.5) is 26.3 Å². The van der Waals surface area contributed by atoms with Gasteiger partial charge in [-0.05, 0) is 11.6 Å². The van der Waals surface area contributed by atoms with Crippen molar-refractivity contribution in [3.8, 4) is 0 Å². The maximum absolute atomic E-state index is 12.5. The van der Waals surface area contributed by atoms with Crippen LogP contribution in [-0.4, -0.2) is 17.4 Å². The molecule has 0 saturated heterocycles. The van der Waals surface area contributed by atoms with Gasteiger partial charge in [-0.25, -0.2) is 0 Å². The lowest BCUT2D eigenvalue weighted by molar-refractivity contribution is -0.210. The van der Waals surface area contributed by atoms with Crippen molar-refractivity contribution in [2.45, 2.75) is 24.5 Å². The third-order valence-electron chi connectivity index (χ3n) is 2.37. The molecule has 20 heavy (non-hydrogen) atoms. The molecule has 0 radical (unpaired) electrons. The Morgan fingerprint density at radius 1 is 1.10 bits per heavy atom. The van der Waals surface area contributed by atoms with Crippen molar-refractivity contribution >= 4 is 24.0 Å². The van der Waals surface area contributed by atoms with Gasteiger partial charge >= 0.3 is 12.4 Å². The lowest BCUT2D eigenvalue weighted by Gasteiger charge is -2.23. The number of alkyl halides is 6. The molecule has 116 valence electrons. The van der Waals surface area contributed by atoms with E-state index in [1.807, 2.05) is 0 Å². The molecule has 2 nitrogen and oxygen atoms in total. The van der Waals surface area contributed by atoms with Gasteiger partial charge in [0.05, 0.1) is 16.6 Å². The molecule has 1 aromatic rings. The molecule has 0 heterocycles. The first-order chi connectivity index (χ1) is 8.46. The summed E-state index contributed by atoms with van der Waals surface area (Å²) in [5.41, 5.74) is 3.18. The normalized spacial score (nSPS) is 15.4. The first kappa shape index (κ1) is 19.3. The smallest absolute Gasteiger partial charge is 0.382 e. The quantitative estimate of drug-likeness (QED) is 0.804. The Labute approximate surface area is 120 Å². The molecule has 2 atom stereocenters. The van der Waals surface area contributed by atoms with Gasteiger partial charge in [-0.2, -0.15) is 26.3 Å². The topological polar surface area (TPSA) is 46.2 Å². The summed E-state index contributed by atoms with van der Waals surface area (Å²) in [5.74, 6) is 0. The number of benzene rings is 1. The fourth-order valence-electron chi connectivity index (χ4n) is 1.40. The van der Waals surface area contributed by atoms with E-state index in [1.165, 1.54) is 0 Å². The van der Waals surface area contributed by atoms with Crippen LogP contribution in [0, 0.1) is 0 Å². The number of halogens is 8. The minimum atomic E-state index is -5.06. The number of rotatable bonds is 2. The highest BCUT2D eigenvalue weighted by molar-refractivity contribution is 6.32. The van der Waals surface area contributed by atoms with Gasteiger partial charge in [0.25, 0.3) is 0 Å². The highest BCUT2D eigenvalue weighted by Crippen LogP contribution is 2.39. The van der Waals surface area contributed by atoms with Crippen LogP contribution in [0.5, 0.6) is 0 Å². The fraction of sp³-hybridized carbons (Fsp3) is 0.400. The van der Waals surface area contributed by atoms with E-state index >= 15 is 0 Å². The summed E-state index contributed by atoms with van der Waals surface area (Å²) < 4.78 is 74.3. The van der Waals surface area contributed by atoms with Gasteiger partial charge in [0, 0.05) is 0 Å². The van der Waals surface area contributed by atoms with Gasteiger partial charge in [-0.1, -0.05) is 23.7 Å². The third-order valence-corrected chi connectivity index (χ3v) is 2.79. The van der Waals surface area contributed by atoms with Crippen molar-refractivity contribution in [3.63, 3.8) is 0 Å². The molecule has 3 N–H and O–H groups in total. The maximum atomic E-state index is 12.5. The molecule has 0 aromatic heterocycles. The van der Waals surface area contributed by atoms with Crippen LogP contribution in [0.3, 0.4) is 0 Å². The number of nitrogens with two attached hydrogens (primary N) is 1. The summed E-state index contributed by atoms with van der Waals surface area (Å²) in [5, 5.41) is 7.98. The van der Waals surface area contributed by atoms with Crippen molar-refractivity contribution in [2.75, 3.05) is 0 Å². The Morgan fingerprint density at radius 3 is 2.00 bits per heavy atom. The van der Waals surface area contributed by atoms with Gasteiger partial charge in [0.15, 0.2) is 6.10 Å². The van der Waals surface area contributed by atoms with Gasteiger partial charge < -0.3 is 10.8 Å². The van der Waals surface area contributed by atoms with E-state index in [2.05, 4.69) is 0 Å². The number of aliphatic hydroxyl groups excluding tert-OH is 1. The Bertz CT molecular complexity index is 462. The van der Waals surface area contributed by atoms with Crippen molar-refractivity contribution < 1.29 is 31.4 Å². The zero-order valence-corrected chi connectivity index (χ0v) is 11.0. The Morgan fingerprint density at radius 2 is 1.60 bits per heavy atom. The number of hydrogen-bond donors (Lipinski definition) is 2. The molecule has 1 aromatic carbocycles. The zero-order chi connectivity index (χ0) is 15.0. The number of hydrogen-bond acceptors (Lipinski definition) is 2. The minimum Gasteiger partial charge on any atom is -0.382 e. The van der Waals surface area contributed by atoms with E-state index in [9.17, 15) is 26.3 Å². The van der Waals surface area contributed by atoms with Gasteiger partial charge in [0.1, 0.15) is 0 Å². The van der Waals surface area contributed by atoms with E-state index < -0.39 is 40.6 Å². The largest absolute Gasteiger partial charge is 0.417 e. The van der Waals surface area contributed by atoms with Crippen LogP contribution < -0.4 is 5.73 Å². The molecule has 0 unspecified atom stereocenters. The summed E-state index contributed by atoms with van der Waals surface area (Å²) in [6.45, 7) is 0. The molecule has 0 fully saturated rings. The monoisotopic (exact) mass is 343 g/mol. The molecular weight excluding hydrogens is 335 g/mol. The lowest BCUT2D eigenvalue weighted by atomic mass is 9.99. The van der Waals surface area contributed by atoms with E-state index in [0.717, 1.165) is 12.1 Å². The van der Waals surface area contributed by atoms with Crippen LogP contribution >= 0.6 is 24.0 Å². The fourth-order valence-corrected chi connectivity index (χ4v) is 1.76. The first-order valence-corrected chi connectivity index (χ1v) is 5.20. The average molecular weight is 344 g/mol. The van der Waals surface area contributed by atoms with Gasteiger partial charge in [0.2, 0.25) is 0 Å². The second-order valence-corrected chi connectivity index (χ2v) is 4.10. The second kappa shape index (κ2) is 6.38. The molecular formula is C10H9Cl2F6NO. The summed E-state index contributed by atoms with van der Waals surface area (Å²) in [7, 11) is 0. The van der Waals surface area contributed by atoms with E-state index in [-0.39, 0.29) is 12.4 Å². The second-order valence-electron chi connectivity index (χ2n) is 3.72. The highest BCUT2D eigenvalue weighted by atomic mass is 35.5. The third kappa shape index (κ3) is 4.15. The molecule has 0 spiro atoms. The molecule has 0 aliphatic rings. The predicted molar refractivity (Wildman–Crippen MR) is 62.7 cm³/mol. The SMILES string of the molecule is Cl.N[C@H](c1cccc(C(F)(F)F)c1Cl)[C@@H](O)C(F)(F)F. The van der Waals surface area contributed by atoms with Crippen molar-refractivity contribution in [1.82, 2.24) is 0 Å². The standard InChI is InChI=1S/C10H8ClF6NO.ClH/c11-6-4(7(18)8(19)10(15,16)17)2-1-3-5(6)9(12,13)14;/h1-3,7-8,19H,18H2;1H/t7-,8-;/m1./s1. The molecule has 1 rings (SSSR count). The first-order valence-electron chi connectivity index (χ1n) is 4.82. The van der Waals surface area contributed by atoms with Crippen LogP contribution in [0.15, 0.2) is 18.2 Å². The Hall–Kier alpha value is -0.700. The summed E-state index contributed by atoms with van der Waals surface area (Å²) in [6.07, 6.45) is -12.9. The minimum absolute atomic E-state index is 0. The number of aliphatic hydroxyl groups is 1. The summed E-state index contributed by atoms with van der Waals surface area (Å²) in [4.78, 5) is 0. The van der Waals surface area contributed by atoms with Crippen molar-refractivity contribution in [3.05, 3.63) is 34.3 Å². The molecule has 0 aliphatic heterocycles. The van der Waals surface area contributed by atoms with E-state index in [4.69, 9.17) is 22.4 Å². The Kier molecular flexibility index (Phi) is 6.16. The van der Waals surface area contributed by atoms with E-state index in [1.54, 1.807) is 0 Å². The summed E-state index contributed by atoms with van der Waals surface area (Å²) >= 11 is 5.40. The predicted octanol–water partition coefficient (Wildman–Crippen LogP) is 3.70. The van der Waals surface area contributed by atoms with Crippen LogP contribution in [0.1, 0.15) is 17.2 Å². The van der Waals surface area contributed by atoms with E-state index in [0.29, 0.717) is 6.07 Å². The average Bonchev–Trinajstić information content (AvgIpc) is 2.24. The maximum Gasteiger partial charge on any atom is 0.417 e. The molecule has 0 amide bonds. The summed E-state index contributed by atoms with van der Waals surface area (Å²) in [6, 6.07) is 0.276. The van der Waals surface area contributed by atoms with Gasteiger partial charge in [-0.15, -0.1) is 12.4 Å². The van der Waals surface area contributed by atoms with Crippen LogP contribution in [0.2, 0.25) is 5.02 Å². The van der Waals surface area contributed by atoms with Gasteiger partial charge in [-0.3, -0.25) is 0 Å². The molecule has 0 bridgehead atoms. The van der Waals surface area contributed by atoms with Crippen LogP contribution in [0.25, 0.3) is 0 Å². The Balaban J connectivity index is 0.00000361. The molecule has 10 heteroatoms. The van der Waals surface area contributed by atoms with Crippen LogP contribution in [-0.2, 0) is 6.18 Å². The van der Waals surface area contributed by atoms with Crippen molar-refractivity contribution in [2.24, 2.45) is 5.73 Å². The lowest BCUT2D eigenvalue weighted by Crippen LogP contribution is -2.39. The molecule has 0 aliphatic carbocycles.